The van der Waals surface area contributed by atoms with Crippen LogP contribution in [0.5, 0.6) is 11.5 Å². The van der Waals surface area contributed by atoms with Crippen LogP contribution in [-0.4, -0.2) is 36.5 Å². The Morgan fingerprint density at radius 2 is 1.66 bits per heavy atom. The van der Waals surface area contributed by atoms with Gasteiger partial charge in [0.2, 0.25) is 0 Å². The van der Waals surface area contributed by atoms with Crippen molar-refractivity contribution < 1.29 is 14.2 Å². The van der Waals surface area contributed by atoms with Gasteiger partial charge in [0.1, 0.15) is 6.61 Å². The predicted molar refractivity (Wildman–Crippen MR) is 116 cm³/mol. The minimum absolute atomic E-state index is 0. The summed E-state index contributed by atoms with van der Waals surface area (Å²) >= 11 is 0. The van der Waals surface area contributed by atoms with Crippen molar-refractivity contribution in [3.05, 3.63) is 58.0 Å². The Morgan fingerprint density at radius 1 is 0.931 bits per heavy atom. The first-order chi connectivity index (χ1) is 13.5. The quantitative estimate of drug-likeness (QED) is 0.538. The van der Waals surface area contributed by atoms with E-state index in [0.29, 0.717) is 24.7 Å². The highest BCUT2D eigenvalue weighted by Gasteiger charge is 2.10. The van der Waals surface area contributed by atoms with Gasteiger partial charge in [-0.05, 0) is 35.4 Å². The number of ether oxygens (including phenoxy) is 3. The van der Waals surface area contributed by atoms with Gasteiger partial charge in [0.15, 0.2) is 11.5 Å². The van der Waals surface area contributed by atoms with Crippen molar-refractivity contribution in [2.45, 2.75) is 13.2 Å². The van der Waals surface area contributed by atoms with E-state index in [0.717, 1.165) is 35.2 Å². The zero-order chi connectivity index (χ0) is 20.1. The monoisotopic (exact) mass is 421 g/mol. The van der Waals surface area contributed by atoms with Gasteiger partial charge in [0, 0.05) is 34.3 Å². The number of rotatable bonds is 9. The van der Waals surface area contributed by atoms with E-state index in [4.69, 9.17) is 14.2 Å². The molecular formula is C21H28ClN3O4. The summed E-state index contributed by atoms with van der Waals surface area (Å²) in [7, 11) is 6.87. The average molecular weight is 422 g/mol. The number of halogens is 1. The van der Waals surface area contributed by atoms with Crippen molar-refractivity contribution in [3.63, 3.8) is 0 Å². The van der Waals surface area contributed by atoms with Gasteiger partial charge in [-0.2, -0.15) is 0 Å². The molecule has 0 atom stereocenters. The summed E-state index contributed by atoms with van der Waals surface area (Å²) < 4.78 is 19.8. The second-order valence-electron chi connectivity index (χ2n) is 6.67. The third kappa shape index (κ3) is 5.12. The summed E-state index contributed by atoms with van der Waals surface area (Å²) in [6.07, 6.45) is 0. The molecule has 29 heavy (non-hydrogen) atoms. The maximum absolute atomic E-state index is 12.1. The molecule has 158 valence electrons. The minimum Gasteiger partial charge on any atom is -0.493 e. The number of imidazole rings is 1. The van der Waals surface area contributed by atoms with Crippen LogP contribution in [0, 0.1) is 0 Å². The maximum Gasteiger partial charge on any atom is 0.328 e. The molecule has 0 bridgehead atoms. The molecule has 3 aromatic rings. The maximum atomic E-state index is 12.1. The standard InChI is InChI=1S/C21H27N3O4.ClH/c1-23-17-7-5-16(11-18(17)24(2)21(23)25)14-28-19-8-6-15(12-20(19)27-4)13-22-9-10-26-3;/h5-8,11-12,22H,9-10,13-14H2,1-4H3;1H. The molecule has 0 saturated heterocycles. The highest BCUT2D eigenvalue weighted by atomic mass is 35.5. The molecule has 8 heteroatoms. The van der Waals surface area contributed by atoms with Gasteiger partial charge in [-0.1, -0.05) is 12.1 Å². The van der Waals surface area contributed by atoms with Crippen LogP contribution in [-0.2, 0) is 32.0 Å². The van der Waals surface area contributed by atoms with Crippen molar-refractivity contribution in [1.82, 2.24) is 14.5 Å². The Hall–Kier alpha value is -2.48. The van der Waals surface area contributed by atoms with Crippen molar-refractivity contribution in [3.8, 4) is 11.5 Å². The first-order valence-electron chi connectivity index (χ1n) is 9.19. The first kappa shape index (κ1) is 22.8. The summed E-state index contributed by atoms with van der Waals surface area (Å²) in [5.74, 6) is 1.38. The molecule has 0 unspecified atom stereocenters. The third-order valence-corrected chi connectivity index (χ3v) is 4.77. The Bertz CT molecular complexity index is 1010. The van der Waals surface area contributed by atoms with Gasteiger partial charge in [0.25, 0.3) is 0 Å². The molecule has 0 aliphatic carbocycles. The van der Waals surface area contributed by atoms with Gasteiger partial charge in [-0.25, -0.2) is 4.79 Å². The van der Waals surface area contributed by atoms with Crippen molar-refractivity contribution in [2.75, 3.05) is 27.4 Å². The Balaban J connectivity index is 0.00000300. The van der Waals surface area contributed by atoms with Crippen LogP contribution in [0.15, 0.2) is 41.2 Å². The average Bonchev–Trinajstić information content (AvgIpc) is 2.93. The highest BCUT2D eigenvalue weighted by molar-refractivity contribution is 5.85. The molecular weight excluding hydrogens is 394 g/mol. The molecule has 7 nitrogen and oxygen atoms in total. The number of nitrogens with one attached hydrogen (secondary N) is 1. The number of methoxy groups -OCH3 is 2. The Kier molecular flexibility index (Phi) is 8.13. The number of benzene rings is 2. The second-order valence-corrected chi connectivity index (χ2v) is 6.67. The van der Waals surface area contributed by atoms with Crippen LogP contribution < -0.4 is 20.5 Å². The van der Waals surface area contributed by atoms with E-state index in [-0.39, 0.29) is 18.1 Å². The summed E-state index contributed by atoms with van der Waals surface area (Å²) in [6.45, 7) is 2.59. The molecule has 3 rings (SSSR count). The van der Waals surface area contributed by atoms with Crippen LogP contribution in [0.1, 0.15) is 11.1 Å². The summed E-state index contributed by atoms with van der Waals surface area (Å²) in [5, 5.41) is 3.31. The largest absolute Gasteiger partial charge is 0.493 e. The lowest BCUT2D eigenvalue weighted by atomic mass is 10.2. The van der Waals surface area contributed by atoms with E-state index in [1.165, 1.54) is 0 Å². The smallest absolute Gasteiger partial charge is 0.328 e. The molecule has 0 radical (unpaired) electrons. The van der Waals surface area contributed by atoms with Gasteiger partial charge < -0.3 is 19.5 Å². The molecule has 1 aromatic heterocycles. The van der Waals surface area contributed by atoms with E-state index in [1.807, 2.05) is 36.4 Å². The van der Waals surface area contributed by atoms with Gasteiger partial charge >= 0.3 is 5.69 Å². The molecule has 1 heterocycles. The molecule has 0 fully saturated rings. The van der Waals surface area contributed by atoms with Crippen molar-refractivity contribution in [2.24, 2.45) is 14.1 Å². The fraction of sp³-hybridized carbons (Fsp3) is 0.381. The fourth-order valence-electron chi connectivity index (χ4n) is 3.15. The molecule has 0 amide bonds. The van der Waals surface area contributed by atoms with Gasteiger partial charge in [-0.3, -0.25) is 9.13 Å². The highest BCUT2D eigenvalue weighted by Crippen LogP contribution is 2.29. The number of nitrogens with zero attached hydrogens (tertiary/aromatic N) is 2. The zero-order valence-corrected chi connectivity index (χ0v) is 18.0. The van der Waals surface area contributed by atoms with Crippen LogP contribution in [0.4, 0.5) is 0 Å². The first-order valence-corrected chi connectivity index (χ1v) is 9.19. The SMILES string of the molecule is COCCNCc1ccc(OCc2ccc3c(c2)n(C)c(=O)n3C)c(OC)c1.Cl. The van der Waals surface area contributed by atoms with E-state index < -0.39 is 0 Å². The Morgan fingerprint density at radius 3 is 2.38 bits per heavy atom. The van der Waals surface area contributed by atoms with Gasteiger partial charge in [-0.15, -0.1) is 12.4 Å². The van der Waals surface area contributed by atoms with E-state index in [9.17, 15) is 4.79 Å². The lowest BCUT2D eigenvalue weighted by Crippen LogP contribution is -2.19. The second kappa shape index (κ2) is 10.3. The number of fused-ring (bicyclic) bond motifs is 1. The number of hydrogen-bond acceptors (Lipinski definition) is 5. The molecule has 1 N–H and O–H groups in total. The fourth-order valence-corrected chi connectivity index (χ4v) is 3.15. The number of aryl methyl sites for hydroxylation is 2. The predicted octanol–water partition coefficient (Wildman–Crippen LogP) is 2.62. The third-order valence-electron chi connectivity index (χ3n) is 4.77. The van der Waals surface area contributed by atoms with Crippen LogP contribution in [0.2, 0.25) is 0 Å². The van der Waals surface area contributed by atoms with Crippen LogP contribution >= 0.6 is 12.4 Å². The number of hydrogen-bond donors (Lipinski definition) is 1. The molecule has 0 aliphatic heterocycles. The van der Waals surface area contributed by atoms with Crippen molar-refractivity contribution in [1.29, 1.82) is 0 Å². The van der Waals surface area contributed by atoms with Crippen LogP contribution in [0.3, 0.4) is 0 Å². The summed E-state index contributed by atoms with van der Waals surface area (Å²) in [6, 6.07) is 11.8. The van der Waals surface area contributed by atoms with Crippen LogP contribution in [0.25, 0.3) is 11.0 Å². The summed E-state index contributed by atoms with van der Waals surface area (Å²) in [4.78, 5) is 12.1. The topological polar surface area (TPSA) is 66.7 Å². The lowest BCUT2D eigenvalue weighted by Gasteiger charge is -2.13. The van der Waals surface area contributed by atoms with Gasteiger partial charge in [0.05, 0.1) is 24.8 Å². The zero-order valence-electron chi connectivity index (χ0n) is 17.2. The van der Waals surface area contributed by atoms with E-state index >= 15 is 0 Å². The normalized spacial score (nSPS) is 10.8. The molecule has 2 aromatic carbocycles. The molecule has 0 saturated carbocycles. The lowest BCUT2D eigenvalue weighted by molar-refractivity contribution is 0.199. The number of aromatic nitrogens is 2. The van der Waals surface area contributed by atoms with Crippen molar-refractivity contribution >= 4 is 23.4 Å². The Labute approximate surface area is 176 Å². The van der Waals surface area contributed by atoms with E-state index in [2.05, 4.69) is 5.32 Å². The molecule has 0 spiro atoms. The summed E-state index contributed by atoms with van der Waals surface area (Å²) in [5.41, 5.74) is 3.85. The van der Waals surface area contributed by atoms with E-state index in [1.54, 1.807) is 37.4 Å². The minimum atomic E-state index is -0.0376. The molecule has 0 aliphatic rings.